The zero-order chi connectivity index (χ0) is 14.5. The van der Waals surface area contributed by atoms with Gasteiger partial charge in [0, 0.05) is 17.8 Å². The maximum absolute atomic E-state index is 11.9. The number of hydrogen-bond donors (Lipinski definition) is 2. The van der Waals surface area contributed by atoms with Crippen LogP contribution in [0.1, 0.15) is 27.0 Å². The standard InChI is InChI=1S/C17H20N2O/c1-12-3-4-13(2)15(11-12)9-10-19-17(20)14-5-7-16(18)8-6-14/h3-8,11H,9-10,18H2,1-2H3,(H,19,20). The van der Waals surface area contributed by atoms with Crippen molar-refractivity contribution >= 4 is 11.6 Å². The van der Waals surface area contributed by atoms with Gasteiger partial charge in [0.25, 0.3) is 5.91 Å². The van der Waals surface area contributed by atoms with Crippen molar-refractivity contribution in [3.63, 3.8) is 0 Å². The summed E-state index contributed by atoms with van der Waals surface area (Å²) in [5.74, 6) is -0.0599. The smallest absolute Gasteiger partial charge is 0.251 e. The Bertz CT molecular complexity index is 603. The number of nitrogen functional groups attached to an aromatic ring is 1. The molecular weight excluding hydrogens is 248 g/mol. The molecule has 2 rings (SSSR count). The van der Waals surface area contributed by atoms with E-state index in [0.717, 1.165) is 6.42 Å². The highest BCUT2D eigenvalue weighted by molar-refractivity contribution is 5.94. The summed E-state index contributed by atoms with van der Waals surface area (Å²) in [6.45, 7) is 4.81. The topological polar surface area (TPSA) is 55.1 Å². The zero-order valence-electron chi connectivity index (χ0n) is 11.9. The summed E-state index contributed by atoms with van der Waals surface area (Å²) in [6.07, 6.45) is 0.841. The van der Waals surface area contributed by atoms with Crippen molar-refractivity contribution in [2.75, 3.05) is 12.3 Å². The van der Waals surface area contributed by atoms with Gasteiger partial charge in [-0.1, -0.05) is 23.8 Å². The van der Waals surface area contributed by atoms with E-state index < -0.39 is 0 Å². The van der Waals surface area contributed by atoms with Crippen LogP contribution in [0.4, 0.5) is 5.69 Å². The summed E-state index contributed by atoms with van der Waals surface area (Å²) in [4.78, 5) is 11.9. The van der Waals surface area contributed by atoms with Crippen molar-refractivity contribution in [2.24, 2.45) is 0 Å². The third-order valence-corrected chi connectivity index (χ3v) is 3.36. The molecule has 0 fully saturated rings. The van der Waals surface area contributed by atoms with Gasteiger partial charge in [-0.2, -0.15) is 0 Å². The number of carbonyl (C=O) groups excluding carboxylic acids is 1. The van der Waals surface area contributed by atoms with Crippen LogP contribution in [0, 0.1) is 13.8 Å². The number of rotatable bonds is 4. The predicted octanol–water partition coefficient (Wildman–Crippen LogP) is 2.86. The molecule has 0 radical (unpaired) electrons. The third-order valence-electron chi connectivity index (χ3n) is 3.36. The average Bonchev–Trinajstić information content (AvgIpc) is 2.43. The Hall–Kier alpha value is -2.29. The molecule has 2 aromatic carbocycles. The highest BCUT2D eigenvalue weighted by Crippen LogP contribution is 2.11. The summed E-state index contributed by atoms with van der Waals surface area (Å²) in [5.41, 5.74) is 10.7. The lowest BCUT2D eigenvalue weighted by atomic mass is 10.0. The Balaban J connectivity index is 1.91. The minimum Gasteiger partial charge on any atom is -0.399 e. The second kappa shape index (κ2) is 6.24. The number of benzene rings is 2. The molecule has 0 saturated carbocycles. The molecule has 0 atom stereocenters. The Labute approximate surface area is 119 Å². The molecule has 0 spiro atoms. The van der Waals surface area contributed by atoms with Crippen LogP contribution in [0.3, 0.4) is 0 Å². The molecule has 2 aromatic rings. The lowest BCUT2D eigenvalue weighted by Crippen LogP contribution is -2.25. The summed E-state index contributed by atoms with van der Waals surface area (Å²) in [6, 6.07) is 13.3. The van der Waals surface area contributed by atoms with E-state index in [1.54, 1.807) is 24.3 Å². The largest absolute Gasteiger partial charge is 0.399 e. The quantitative estimate of drug-likeness (QED) is 0.838. The number of anilines is 1. The van der Waals surface area contributed by atoms with E-state index in [-0.39, 0.29) is 5.91 Å². The van der Waals surface area contributed by atoms with Crippen molar-refractivity contribution in [1.82, 2.24) is 5.32 Å². The molecule has 0 aromatic heterocycles. The van der Waals surface area contributed by atoms with E-state index in [2.05, 4.69) is 37.4 Å². The highest BCUT2D eigenvalue weighted by Gasteiger charge is 2.05. The molecule has 1 amide bonds. The van der Waals surface area contributed by atoms with Crippen LogP contribution < -0.4 is 11.1 Å². The van der Waals surface area contributed by atoms with E-state index in [1.165, 1.54) is 16.7 Å². The van der Waals surface area contributed by atoms with E-state index in [0.29, 0.717) is 17.8 Å². The minimum absolute atomic E-state index is 0.0599. The summed E-state index contributed by atoms with van der Waals surface area (Å²) in [5, 5.41) is 2.93. The molecule has 0 bridgehead atoms. The fourth-order valence-corrected chi connectivity index (χ4v) is 2.12. The molecule has 0 aliphatic heterocycles. The van der Waals surface area contributed by atoms with E-state index in [1.807, 2.05) is 0 Å². The van der Waals surface area contributed by atoms with Crippen LogP contribution in [0.15, 0.2) is 42.5 Å². The molecule has 0 unspecified atom stereocenters. The number of nitrogens with two attached hydrogens (primary N) is 1. The van der Waals surface area contributed by atoms with Crippen molar-refractivity contribution in [3.8, 4) is 0 Å². The maximum atomic E-state index is 11.9. The first-order valence-electron chi connectivity index (χ1n) is 6.76. The van der Waals surface area contributed by atoms with Crippen LogP contribution in [0.5, 0.6) is 0 Å². The number of hydrogen-bond acceptors (Lipinski definition) is 2. The second-order valence-corrected chi connectivity index (χ2v) is 5.06. The number of aryl methyl sites for hydroxylation is 2. The summed E-state index contributed by atoms with van der Waals surface area (Å²) < 4.78 is 0. The second-order valence-electron chi connectivity index (χ2n) is 5.06. The molecule has 104 valence electrons. The van der Waals surface area contributed by atoms with Crippen molar-refractivity contribution in [3.05, 3.63) is 64.7 Å². The van der Waals surface area contributed by atoms with Crippen molar-refractivity contribution in [2.45, 2.75) is 20.3 Å². The van der Waals surface area contributed by atoms with Gasteiger partial charge in [-0.3, -0.25) is 4.79 Å². The lowest BCUT2D eigenvalue weighted by Gasteiger charge is -2.09. The fourth-order valence-electron chi connectivity index (χ4n) is 2.12. The Kier molecular flexibility index (Phi) is 4.41. The van der Waals surface area contributed by atoms with E-state index >= 15 is 0 Å². The van der Waals surface area contributed by atoms with Gasteiger partial charge < -0.3 is 11.1 Å². The van der Waals surface area contributed by atoms with Gasteiger partial charge in [0.2, 0.25) is 0 Å². The number of carbonyl (C=O) groups is 1. The van der Waals surface area contributed by atoms with Crippen LogP contribution >= 0.6 is 0 Å². The lowest BCUT2D eigenvalue weighted by molar-refractivity contribution is 0.0954. The van der Waals surface area contributed by atoms with Crippen LogP contribution in [0.25, 0.3) is 0 Å². The Morgan fingerprint density at radius 1 is 1.10 bits per heavy atom. The Morgan fingerprint density at radius 3 is 2.50 bits per heavy atom. The molecule has 3 heteroatoms. The summed E-state index contributed by atoms with van der Waals surface area (Å²) >= 11 is 0. The summed E-state index contributed by atoms with van der Waals surface area (Å²) in [7, 11) is 0. The molecule has 0 heterocycles. The van der Waals surface area contributed by atoms with Gasteiger partial charge >= 0.3 is 0 Å². The van der Waals surface area contributed by atoms with Crippen molar-refractivity contribution in [1.29, 1.82) is 0 Å². The third kappa shape index (κ3) is 3.60. The molecule has 0 aliphatic rings. The SMILES string of the molecule is Cc1ccc(C)c(CCNC(=O)c2ccc(N)cc2)c1. The predicted molar refractivity (Wildman–Crippen MR) is 82.8 cm³/mol. The van der Waals surface area contributed by atoms with Gasteiger partial charge in [-0.25, -0.2) is 0 Å². The first-order chi connectivity index (χ1) is 9.56. The van der Waals surface area contributed by atoms with Crippen LogP contribution in [0.2, 0.25) is 0 Å². The maximum Gasteiger partial charge on any atom is 0.251 e. The van der Waals surface area contributed by atoms with Crippen LogP contribution in [-0.4, -0.2) is 12.5 Å². The highest BCUT2D eigenvalue weighted by atomic mass is 16.1. The first kappa shape index (κ1) is 14.1. The van der Waals surface area contributed by atoms with Gasteiger partial charge in [0.1, 0.15) is 0 Å². The average molecular weight is 268 g/mol. The Morgan fingerprint density at radius 2 is 1.80 bits per heavy atom. The molecule has 20 heavy (non-hydrogen) atoms. The molecule has 3 N–H and O–H groups in total. The normalized spacial score (nSPS) is 10.3. The van der Waals surface area contributed by atoms with Gasteiger partial charge in [0.15, 0.2) is 0 Å². The van der Waals surface area contributed by atoms with Crippen LogP contribution in [-0.2, 0) is 6.42 Å². The molecular formula is C17H20N2O. The molecule has 0 saturated heterocycles. The van der Waals surface area contributed by atoms with E-state index in [4.69, 9.17) is 5.73 Å². The fraction of sp³-hybridized carbons (Fsp3) is 0.235. The van der Waals surface area contributed by atoms with Crippen molar-refractivity contribution < 1.29 is 4.79 Å². The zero-order valence-corrected chi connectivity index (χ0v) is 11.9. The molecule has 0 aliphatic carbocycles. The van der Waals surface area contributed by atoms with Gasteiger partial charge in [0.05, 0.1) is 0 Å². The first-order valence-corrected chi connectivity index (χ1v) is 6.76. The van der Waals surface area contributed by atoms with E-state index in [9.17, 15) is 4.79 Å². The minimum atomic E-state index is -0.0599. The monoisotopic (exact) mass is 268 g/mol. The number of nitrogens with one attached hydrogen (secondary N) is 1. The van der Waals surface area contributed by atoms with Gasteiger partial charge in [-0.05, 0) is 55.7 Å². The molecule has 3 nitrogen and oxygen atoms in total. The number of amides is 1. The van der Waals surface area contributed by atoms with Gasteiger partial charge in [-0.15, -0.1) is 0 Å².